The first kappa shape index (κ1) is 69.0. The Morgan fingerprint density at radius 3 is 1.81 bits per heavy atom. The number of oxime groups is 1. The first-order chi connectivity index (χ1) is 42.7. The number of benzene rings is 4. The molecule has 2 fully saturated rings. The molecule has 3 atom stereocenters. The van der Waals surface area contributed by atoms with Crippen molar-refractivity contribution in [2.24, 2.45) is 12.2 Å². The summed E-state index contributed by atoms with van der Waals surface area (Å²) in [4.78, 5) is 97.3. The van der Waals surface area contributed by atoms with Gasteiger partial charge in [-0.1, -0.05) is 41.6 Å². The normalized spacial score (nSPS) is 17.2. The second kappa shape index (κ2) is 28.7. The number of fused-ring (bicyclic) bond motifs is 2. The fourth-order valence-electron chi connectivity index (χ4n) is 10.6. The SMILES string of the molecule is COc1ccc(COC(=O)C2=C(C[N+]3(Cc4cn(C)c5cc(OCc6ccc(OC)cc6)c(OCc6ccc(OC)cc6)cc5c4=O)CCCC3)[C@H](C)S[C@@H]3[C@H](NC(=O)/C(=N\OC(C)(C)C(=O)OC(C)(C)C)c4csc(NC(=O)OC(C)(C)C)n4)C(=O)N23)cc1.[I-]. The number of thiazole rings is 1. The lowest BCUT2D eigenvalue weighted by atomic mass is 9.99. The first-order valence-corrected chi connectivity index (χ1v) is 31.3. The second-order valence-corrected chi connectivity index (χ2v) is 27.2. The third-order valence-electron chi connectivity index (χ3n) is 15.2. The number of thioether (sulfide) groups is 1. The third kappa shape index (κ3) is 16.8. The van der Waals surface area contributed by atoms with Crippen molar-refractivity contribution < 1.29 is 95.2 Å². The van der Waals surface area contributed by atoms with Crippen LogP contribution in [0.1, 0.15) is 103 Å². The van der Waals surface area contributed by atoms with Crippen molar-refractivity contribution >= 4 is 74.7 Å². The summed E-state index contributed by atoms with van der Waals surface area (Å²) >= 11 is 2.36. The van der Waals surface area contributed by atoms with E-state index in [9.17, 15) is 24.0 Å². The first-order valence-electron chi connectivity index (χ1n) is 29.5. The highest BCUT2D eigenvalue weighted by atomic mass is 127. The number of ether oxygens (including phenoxy) is 8. The number of β-lactam (4-membered cyclic amide) rings is 1. The predicted molar refractivity (Wildman–Crippen MR) is 341 cm³/mol. The number of hydrogen-bond donors (Lipinski definition) is 2. The molecule has 6 aromatic rings. The van der Waals surface area contributed by atoms with Crippen LogP contribution < -0.4 is 63.7 Å². The Bertz CT molecular complexity index is 3780. The lowest BCUT2D eigenvalue weighted by Crippen LogP contribution is -3.00. The monoisotopic (exact) mass is 1400 g/mol. The summed E-state index contributed by atoms with van der Waals surface area (Å²) in [5.41, 5.74) is 0.262. The van der Waals surface area contributed by atoms with E-state index >= 15 is 4.79 Å². The minimum absolute atomic E-state index is 0. The summed E-state index contributed by atoms with van der Waals surface area (Å²) in [7, 11) is 6.66. The Morgan fingerprint density at radius 1 is 0.736 bits per heavy atom. The van der Waals surface area contributed by atoms with E-state index in [1.165, 1.54) is 35.9 Å². The van der Waals surface area contributed by atoms with Crippen molar-refractivity contribution in [3.05, 3.63) is 146 Å². The third-order valence-corrected chi connectivity index (χ3v) is 17.4. The molecule has 91 heavy (non-hydrogen) atoms. The minimum atomic E-state index is -1.71. The number of aromatic nitrogens is 2. The van der Waals surface area contributed by atoms with Crippen molar-refractivity contribution in [2.45, 2.75) is 135 Å². The summed E-state index contributed by atoms with van der Waals surface area (Å²) in [5.74, 6) is -0.136. The molecular formula is C66H78IN7O15S2. The molecule has 9 rings (SSSR count). The Labute approximate surface area is 554 Å². The van der Waals surface area contributed by atoms with E-state index in [2.05, 4.69) is 20.8 Å². The van der Waals surface area contributed by atoms with E-state index in [0.29, 0.717) is 74.7 Å². The largest absolute Gasteiger partial charge is 1.00 e. The van der Waals surface area contributed by atoms with Gasteiger partial charge in [0.25, 0.3) is 11.8 Å². The number of aryl methyl sites for hydroxylation is 1. The topological polar surface area (TPSA) is 243 Å². The minimum Gasteiger partial charge on any atom is -1.00 e. The van der Waals surface area contributed by atoms with Crippen molar-refractivity contribution in [2.75, 3.05) is 46.3 Å². The van der Waals surface area contributed by atoms with Crippen LogP contribution in [0.2, 0.25) is 0 Å². The molecule has 0 bridgehead atoms. The van der Waals surface area contributed by atoms with Crippen LogP contribution in [-0.2, 0) is 71.6 Å². The predicted octanol–water partition coefficient (Wildman–Crippen LogP) is 6.97. The Kier molecular flexibility index (Phi) is 21.8. The molecule has 3 amide bonds. The molecule has 0 radical (unpaired) electrons. The summed E-state index contributed by atoms with van der Waals surface area (Å²) in [5, 5.41) is 10.2. The van der Waals surface area contributed by atoms with Gasteiger partial charge in [0, 0.05) is 48.4 Å². The van der Waals surface area contributed by atoms with Gasteiger partial charge in [-0.05, 0) is 121 Å². The molecule has 0 unspecified atom stereocenters. The number of nitrogens with one attached hydrogen (secondary N) is 2. The zero-order valence-electron chi connectivity index (χ0n) is 53.4. The quantitative estimate of drug-likeness (QED) is 0.0125. The van der Waals surface area contributed by atoms with Gasteiger partial charge in [0.2, 0.25) is 5.60 Å². The van der Waals surface area contributed by atoms with Crippen LogP contribution in [0.15, 0.2) is 118 Å². The highest BCUT2D eigenvalue weighted by molar-refractivity contribution is 8.00. The summed E-state index contributed by atoms with van der Waals surface area (Å²) in [6.07, 6.45) is 2.76. The lowest BCUT2D eigenvalue weighted by molar-refractivity contribution is -0.925. The van der Waals surface area contributed by atoms with Crippen LogP contribution in [0, 0.1) is 0 Å². The van der Waals surface area contributed by atoms with Crippen LogP contribution >= 0.6 is 23.1 Å². The van der Waals surface area contributed by atoms with Crippen molar-refractivity contribution in [1.29, 1.82) is 0 Å². The molecule has 3 aliphatic rings. The molecule has 5 heterocycles. The number of carbonyl (C=O) groups excluding carboxylic acids is 5. The van der Waals surface area contributed by atoms with E-state index in [1.54, 1.807) is 93.2 Å². The molecule has 0 saturated carbocycles. The van der Waals surface area contributed by atoms with E-state index in [-0.39, 0.29) is 72.3 Å². The number of quaternary nitrogens is 1. The average Bonchev–Trinajstić information content (AvgIpc) is 0.921. The second-order valence-electron chi connectivity index (χ2n) is 24.8. The molecule has 0 aliphatic carbocycles. The zero-order valence-corrected chi connectivity index (χ0v) is 57.2. The van der Waals surface area contributed by atoms with Gasteiger partial charge < -0.3 is 81.1 Å². The van der Waals surface area contributed by atoms with Gasteiger partial charge in [0.15, 0.2) is 27.8 Å². The molecule has 22 nitrogen and oxygen atoms in total. The maximum atomic E-state index is 15.1. The van der Waals surface area contributed by atoms with Crippen molar-refractivity contribution in [3.63, 3.8) is 0 Å². The highest BCUT2D eigenvalue weighted by Gasteiger charge is 2.57. The highest BCUT2D eigenvalue weighted by Crippen LogP contribution is 2.46. The van der Waals surface area contributed by atoms with Crippen LogP contribution in [0.5, 0.6) is 28.7 Å². The number of pyridine rings is 1. The maximum Gasteiger partial charge on any atom is 0.413 e. The number of rotatable bonds is 23. The molecular weight excluding hydrogens is 1320 g/mol. The van der Waals surface area contributed by atoms with Gasteiger partial charge in [0.1, 0.15) is 84.2 Å². The average molecular weight is 1400 g/mol. The standard InChI is InChI=1S/C66H77N7O15S2.HI/c1-39-48(34-73(28-14-15-29-73)33-43-32-71(10)50-31-52(84-36-41-18-24-45(81-12)25-19-41)51(30-47(50)56(43)74)83-35-40-16-22-44(80-11)23-17-40)55(60(77)85-37-42-20-26-46(82-13)27-21-42)72-58(76)54(59(72)90-39)68-57(75)53(70-88-66(8,9)61(78)86-64(2,3)4)49-38-89-62(67-49)69-63(79)87-65(5,6)7;/h16-27,30-32,38-39,54,59H,14-15,28-29,33-37H2,1-13H3,(H-,67,68,69,75,79);1H/b70-53-;/t39-,54+,59+;/m0./s1. The van der Waals surface area contributed by atoms with Gasteiger partial charge in [-0.3, -0.25) is 24.6 Å². The van der Waals surface area contributed by atoms with E-state index in [1.807, 2.05) is 79.3 Å². The van der Waals surface area contributed by atoms with E-state index < -0.39 is 69.0 Å². The number of halogens is 1. The van der Waals surface area contributed by atoms with Crippen LogP contribution in [-0.4, -0.2) is 129 Å². The number of likely N-dealkylation sites (tertiary alicyclic amines) is 1. The van der Waals surface area contributed by atoms with Gasteiger partial charge in [-0.25, -0.2) is 19.4 Å². The van der Waals surface area contributed by atoms with Crippen LogP contribution in [0.3, 0.4) is 0 Å². The van der Waals surface area contributed by atoms with Gasteiger partial charge in [0.05, 0.1) is 50.9 Å². The van der Waals surface area contributed by atoms with Crippen molar-refractivity contribution in [3.8, 4) is 28.7 Å². The molecule has 0 spiro atoms. The molecule has 2 N–H and O–H groups in total. The fraction of sp³-hybridized carbons (Fsp3) is 0.424. The Balaban J connectivity index is 0.0000107. The molecule has 486 valence electrons. The molecule has 3 aliphatic heterocycles. The molecule has 25 heteroatoms. The van der Waals surface area contributed by atoms with E-state index in [4.69, 9.17) is 42.7 Å². The molecule has 2 saturated heterocycles. The molecule has 4 aromatic carbocycles. The van der Waals surface area contributed by atoms with Crippen LogP contribution in [0.4, 0.5) is 9.93 Å². The van der Waals surface area contributed by atoms with Crippen LogP contribution in [0.25, 0.3) is 10.9 Å². The number of methoxy groups -OCH3 is 3. The maximum absolute atomic E-state index is 15.1. The zero-order chi connectivity index (χ0) is 64.9. The molecule has 2 aromatic heterocycles. The smallest absolute Gasteiger partial charge is 0.413 e. The number of carbonyl (C=O) groups is 5. The fourth-order valence-corrected chi connectivity index (χ4v) is 12.7. The van der Waals surface area contributed by atoms with E-state index in [0.717, 1.165) is 41.1 Å². The van der Waals surface area contributed by atoms with Gasteiger partial charge in [-0.15, -0.1) is 23.1 Å². The number of nitrogens with zero attached hydrogens (tertiary/aromatic N) is 5. The summed E-state index contributed by atoms with van der Waals surface area (Å²) < 4.78 is 48.4. The van der Waals surface area contributed by atoms with Crippen molar-refractivity contribution in [1.82, 2.24) is 19.8 Å². The summed E-state index contributed by atoms with van der Waals surface area (Å²) in [6.45, 7) is 17.2. The van der Waals surface area contributed by atoms with Gasteiger partial charge >= 0.3 is 18.0 Å². The number of amides is 3. The Hall–Kier alpha value is -7.88. The number of anilines is 1. The lowest BCUT2D eigenvalue weighted by Gasteiger charge is -2.52. The number of esters is 2. The number of hydrogen-bond acceptors (Lipinski definition) is 19. The summed E-state index contributed by atoms with van der Waals surface area (Å²) in [6, 6.07) is 24.5. The Morgan fingerprint density at radius 2 is 1.27 bits per heavy atom. The van der Waals surface area contributed by atoms with Gasteiger partial charge in [-0.2, -0.15) is 0 Å².